The molecule has 0 aliphatic carbocycles. The first kappa shape index (κ1) is 51.7. The zero-order valence-corrected chi connectivity index (χ0v) is 35.5. The molecule has 0 aromatic rings. The number of rotatable bonds is 46. The van der Waals surface area contributed by atoms with E-state index in [1.54, 1.807) is 0 Å². The molecule has 0 rings (SSSR count). The summed E-state index contributed by atoms with van der Waals surface area (Å²) >= 11 is 0. The third-order valence-electron chi connectivity index (χ3n) is 10.3. The summed E-state index contributed by atoms with van der Waals surface area (Å²) in [5.41, 5.74) is 0. The Morgan fingerprint density at radius 1 is 0.340 bits per heavy atom. The quantitative estimate of drug-likeness (QED) is 0.0269. The van der Waals surface area contributed by atoms with Gasteiger partial charge in [-0.1, -0.05) is 193 Å². The Kier molecular flexibility index (Phi) is 45.7. The van der Waals surface area contributed by atoms with Gasteiger partial charge in [-0.2, -0.15) is 0 Å². The van der Waals surface area contributed by atoms with Crippen molar-refractivity contribution in [1.29, 1.82) is 0 Å². The fourth-order valence-electron chi connectivity index (χ4n) is 6.80. The largest absolute Gasteiger partial charge is 0.349 e. The molecule has 0 N–H and O–H groups in total. The fraction of sp³-hybridized carbons (Fsp3) is 0.875. The molecule has 2 atom stereocenters. The number of hydrogen-bond acceptors (Lipinski definition) is 5. The second-order valence-electron chi connectivity index (χ2n) is 15.6. The topological polar surface area (TPSA) is 61.8 Å². The summed E-state index contributed by atoms with van der Waals surface area (Å²) in [5, 5.41) is 0. The van der Waals surface area contributed by atoms with Gasteiger partial charge in [0.1, 0.15) is 12.6 Å². The maximum Gasteiger partial charge on any atom is 0.180 e. The van der Waals surface area contributed by atoms with Gasteiger partial charge in [0.15, 0.2) is 12.6 Å². The van der Waals surface area contributed by atoms with Crippen LogP contribution < -0.4 is 0 Å². The molecule has 0 amide bonds. The molecule has 0 bridgehead atoms. The second kappa shape index (κ2) is 46.9. The minimum atomic E-state index is -0.384. The molecule has 0 aromatic carbocycles. The van der Waals surface area contributed by atoms with Crippen molar-refractivity contribution in [1.82, 2.24) is 0 Å². The maximum absolute atomic E-state index is 10.5. The monoisotopic (exact) mass is 747 g/mol. The van der Waals surface area contributed by atoms with Crippen molar-refractivity contribution in [3.8, 4) is 0 Å². The van der Waals surface area contributed by atoms with Crippen LogP contribution in [-0.4, -0.2) is 38.4 Å². The summed E-state index contributed by atoms with van der Waals surface area (Å²) in [6.07, 6.45) is 53.9. The highest BCUT2D eigenvalue weighted by atomic mass is 16.8. The lowest BCUT2D eigenvalue weighted by atomic mass is 10.1. The van der Waals surface area contributed by atoms with E-state index < -0.39 is 0 Å². The van der Waals surface area contributed by atoms with Crippen molar-refractivity contribution >= 4 is 12.6 Å². The molecule has 53 heavy (non-hydrogen) atoms. The van der Waals surface area contributed by atoms with Crippen molar-refractivity contribution < 1.29 is 23.8 Å². The van der Waals surface area contributed by atoms with Crippen molar-refractivity contribution in [2.75, 3.05) is 13.2 Å². The molecule has 0 aliphatic heterocycles. The zero-order valence-electron chi connectivity index (χ0n) is 35.5. The number of carbonyl (C=O) groups is 2. The Balaban J connectivity index is 4.91. The smallest absolute Gasteiger partial charge is 0.180 e. The van der Waals surface area contributed by atoms with E-state index >= 15 is 0 Å². The van der Waals surface area contributed by atoms with E-state index in [1.165, 1.54) is 180 Å². The van der Waals surface area contributed by atoms with Crippen LogP contribution in [0.25, 0.3) is 0 Å². The van der Waals surface area contributed by atoms with Crippen molar-refractivity contribution in [3.63, 3.8) is 0 Å². The van der Waals surface area contributed by atoms with Crippen LogP contribution in [0.1, 0.15) is 245 Å². The highest BCUT2D eigenvalue weighted by molar-refractivity contribution is 5.49. The minimum Gasteiger partial charge on any atom is -0.349 e. The lowest BCUT2D eigenvalue weighted by molar-refractivity contribution is -0.208. The van der Waals surface area contributed by atoms with Gasteiger partial charge in [0.2, 0.25) is 0 Å². The molecule has 0 fully saturated rings. The van der Waals surface area contributed by atoms with Gasteiger partial charge in [0.05, 0.1) is 13.2 Å². The van der Waals surface area contributed by atoms with Gasteiger partial charge in [-0.15, -0.1) is 0 Å². The molecule has 0 heterocycles. The summed E-state index contributed by atoms with van der Waals surface area (Å²) in [4.78, 5) is 21.0. The van der Waals surface area contributed by atoms with Gasteiger partial charge in [-0.3, -0.25) is 0 Å². The van der Waals surface area contributed by atoms with Gasteiger partial charge in [0.25, 0.3) is 0 Å². The summed E-state index contributed by atoms with van der Waals surface area (Å²) < 4.78 is 19.3. The molecular weight excluding hydrogens is 657 g/mol. The molecule has 312 valence electrons. The van der Waals surface area contributed by atoms with Gasteiger partial charge in [0, 0.05) is 12.8 Å². The highest BCUT2D eigenvalue weighted by Gasteiger charge is 2.14. The number of ether oxygens (including phenoxy) is 3. The predicted molar refractivity (Wildman–Crippen MR) is 229 cm³/mol. The van der Waals surface area contributed by atoms with E-state index in [0.717, 1.165) is 77.2 Å². The van der Waals surface area contributed by atoms with Gasteiger partial charge >= 0.3 is 0 Å². The van der Waals surface area contributed by atoms with Gasteiger partial charge in [-0.25, -0.2) is 0 Å². The van der Waals surface area contributed by atoms with Crippen LogP contribution >= 0.6 is 0 Å². The predicted octanol–water partition coefficient (Wildman–Crippen LogP) is 15.3. The number of aldehydes is 2. The van der Waals surface area contributed by atoms with Crippen LogP contribution in [0.3, 0.4) is 0 Å². The zero-order chi connectivity index (χ0) is 38.4. The summed E-state index contributed by atoms with van der Waals surface area (Å²) in [5.74, 6) is 0. The van der Waals surface area contributed by atoms with Crippen LogP contribution in [0.2, 0.25) is 0 Å². The Morgan fingerprint density at radius 2 is 0.604 bits per heavy atom. The molecule has 0 radical (unpaired) electrons. The number of hydrogen-bond donors (Lipinski definition) is 0. The molecule has 5 nitrogen and oxygen atoms in total. The average molecular weight is 747 g/mol. The third kappa shape index (κ3) is 43.3. The Labute approximate surface area is 330 Å². The Morgan fingerprint density at radius 3 is 0.906 bits per heavy atom. The van der Waals surface area contributed by atoms with E-state index in [4.69, 9.17) is 14.2 Å². The normalized spacial score (nSPS) is 13.0. The Bertz CT molecular complexity index is 703. The third-order valence-corrected chi connectivity index (χ3v) is 10.3. The van der Waals surface area contributed by atoms with Crippen LogP contribution in [0.15, 0.2) is 24.3 Å². The maximum atomic E-state index is 10.5. The highest BCUT2D eigenvalue weighted by Crippen LogP contribution is 2.16. The average Bonchev–Trinajstić information content (AvgIpc) is 3.17. The summed E-state index contributed by atoms with van der Waals surface area (Å²) in [6.45, 7) is 6.01. The van der Waals surface area contributed by atoms with Crippen molar-refractivity contribution in [3.05, 3.63) is 24.3 Å². The van der Waals surface area contributed by atoms with Gasteiger partial charge in [-0.05, 0) is 63.5 Å². The molecular formula is C48H90O5. The van der Waals surface area contributed by atoms with E-state index in [9.17, 15) is 9.59 Å². The lowest BCUT2D eigenvalue weighted by Gasteiger charge is -2.22. The fourth-order valence-corrected chi connectivity index (χ4v) is 6.80. The number of allylic oxidation sites excluding steroid dienone is 2. The van der Waals surface area contributed by atoms with E-state index in [1.807, 2.05) is 0 Å². The molecule has 0 aromatic heterocycles. The molecule has 0 saturated heterocycles. The van der Waals surface area contributed by atoms with Crippen LogP contribution in [0.4, 0.5) is 0 Å². The van der Waals surface area contributed by atoms with Gasteiger partial charge < -0.3 is 23.8 Å². The van der Waals surface area contributed by atoms with E-state index in [2.05, 4.69) is 38.2 Å². The molecule has 0 spiro atoms. The first-order chi connectivity index (χ1) is 26.3. The first-order valence-corrected chi connectivity index (χ1v) is 23.4. The van der Waals surface area contributed by atoms with Crippen molar-refractivity contribution in [2.45, 2.75) is 258 Å². The molecule has 5 heteroatoms. The molecule has 0 saturated carbocycles. The SMILES string of the molecule is CCCCCCCCCCOC(C=CCCCCCCCCCCC=O)OC(C=CCCCCCCCCCCC=O)OCCCCCCCCCC. The van der Waals surface area contributed by atoms with Crippen LogP contribution in [0.5, 0.6) is 0 Å². The van der Waals surface area contributed by atoms with Crippen LogP contribution in [-0.2, 0) is 23.8 Å². The van der Waals surface area contributed by atoms with E-state index in [0.29, 0.717) is 0 Å². The molecule has 0 aliphatic rings. The number of unbranched alkanes of at least 4 members (excludes halogenated alkanes) is 32. The number of carbonyl (C=O) groups excluding carboxylic acids is 2. The Hall–Kier alpha value is -1.30. The van der Waals surface area contributed by atoms with Crippen LogP contribution in [0, 0.1) is 0 Å². The summed E-state index contributed by atoms with van der Waals surface area (Å²) in [6, 6.07) is 0. The molecule has 2 unspecified atom stereocenters. The van der Waals surface area contributed by atoms with Crippen molar-refractivity contribution in [2.24, 2.45) is 0 Å². The summed E-state index contributed by atoms with van der Waals surface area (Å²) in [7, 11) is 0. The standard InChI is InChI=1S/C48H90O5/c1-3-5-7-9-11-27-33-39-45-51-47(41-35-29-23-19-15-13-17-21-25-31-37-43-49)53-48(52-46-40-34-28-12-10-8-6-4-2)42-36-30-24-20-16-14-18-22-26-32-38-44-50/h35-36,41-44,47-48H,3-34,37-40,45-46H2,1-2H3. The minimum absolute atomic E-state index is 0.384. The van der Waals surface area contributed by atoms with E-state index in [-0.39, 0.29) is 12.6 Å². The lowest BCUT2D eigenvalue weighted by Crippen LogP contribution is -2.25. The second-order valence-corrected chi connectivity index (χ2v) is 15.6. The first-order valence-electron chi connectivity index (χ1n) is 23.4.